The van der Waals surface area contributed by atoms with Crippen molar-refractivity contribution in [2.24, 2.45) is 0 Å². The van der Waals surface area contributed by atoms with Crippen LogP contribution in [0.2, 0.25) is 0 Å². The topological polar surface area (TPSA) is 9.23 Å². The van der Waals surface area contributed by atoms with Crippen molar-refractivity contribution in [2.45, 2.75) is 19.4 Å². The molecular weight excluding hydrogens is 150 g/mol. The van der Waals surface area contributed by atoms with Crippen LogP contribution in [0.15, 0.2) is 11.6 Å². The van der Waals surface area contributed by atoms with Crippen molar-refractivity contribution in [3.8, 4) is 0 Å². The Bertz CT molecular complexity index is 95.2. The highest BCUT2D eigenvalue weighted by atomic mass is 31.1. The van der Waals surface area contributed by atoms with E-state index < -0.39 is 0 Å². The summed E-state index contributed by atoms with van der Waals surface area (Å²) in [5, 5.41) is 0. The molecule has 0 fully saturated rings. The van der Waals surface area contributed by atoms with Crippen LogP contribution >= 0.6 is 18.5 Å². The van der Waals surface area contributed by atoms with Gasteiger partial charge in [-0.2, -0.15) is 0 Å². The van der Waals surface area contributed by atoms with Gasteiger partial charge in [-0.25, -0.2) is 0 Å². The molecule has 0 N–H and O–H groups in total. The van der Waals surface area contributed by atoms with Crippen molar-refractivity contribution in [3.63, 3.8) is 0 Å². The highest BCUT2D eigenvalue weighted by molar-refractivity contribution is 7.37. The Morgan fingerprint density at radius 1 is 1.56 bits per heavy atom. The summed E-state index contributed by atoms with van der Waals surface area (Å²) in [5.74, 6) is 0. The zero-order valence-electron chi connectivity index (χ0n) is 5.92. The summed E-state index contributed by atoms with van der Waals surface area (Å²) in [6.45, 7) is 4.83. The first-order chi connectivity index (χ1) is 4.13. The van der Waals surface area contributed by atoms with E-state index in [0.717, 1.165) is 0 Å². The van der Waals surface area contributed by atoms with Crippen LogP contribution in [0.1, 0.15) is 13.8 Å². The maximum absolute atomic E-state index is 5.20. The first kappa shape index (κ1) is 9.56. The van der Waals surface area contributed by atoms with Gasteiger partial charge >= 0.3 is 0 Å². The van der Waals surface area contributed by atoms with E-state index >= 15 is 0 Å². The van der Waals surface area contributed by atoms with E-state index in [9.17, 15) is 0 Å². The predicted molar refractivity (Wildman–Crippen MR) is 48.6 cm³/mol. The standard InChI is InChI=1S/C6H14OP2/c1-5(2)3-4-7-6(8)9/h3,6H,4,8-9H2,1-2H3. The van der Waals surface area contributed by atoms with Crippen LogP contribution in [-0.4, -0.2) is 12.2 Å². The maximum Gasteiger partial charge on any atom is 0.0842 e. The molecule has 0 spiro atoms. The minimum absolute atomic E-state index is 0.181. The molecule has 0 aliphatic carbocycles. The predicted octanol–water partition coefficient (Wildman–Crippen LogP) is 2.00. The second kappa shape index (κ2) is 5.35. The van der Waals surface area contributed by atoms with E-state index in [0.29, 0.717) is 6.61 Å². The van der Waals surface area contributed by atoms with Crippen LogP contribution in [0.25, 0.3) is 0 Å². The first-order valence-corrected chi connectivity index (χ1v) is 4.22. The molecule has 0 heterocycles. The normalized spacial score (nSPS) is 9.89. The van der Waals surface area contributed by atoms with E-state index in [1.54, 1.807) is 0 Å². The van der Waals surface area contributed by atoms with Gasteiger partial charge in [-0.05, 0) is 13.8 Å². The molecule has 0 rings (SSSR count). The maximum atomic E-state index is 5.20. The van der Waals surface area contributed by atoms with Crippen LogP contribution in [0, 0.1) is 0 Å². The molecule has 2 atom stereocenters. The molecule has 3 heteroatoms. The number of allylic oxidation sites excluding steroid dienone is 1. The second-order valence-electron chi connectivity index (χ2n) is 2.08. The third-order valence-electron chi connectivity index (χ3n) is 0.780. The fourth-order valence-corrected chi connectivity index (χ4v) is 0.548. The molecule has 54 valence electrons. The van der Waals surface area contributed by atoms with Crippen molar-refractivity contribution < 1.29 is 4.74 Å². The third kappa shape index (κ3) is 8.56. The van der Waals surface area contributed by atoms with Gasteiger partial charge in [0.2, 0.25) is 0 Å². The largest absolute Gasteiger partial charge is 0.366 e. The lowest BCUT2D eigenvalue weighted by atomic mass is 10.3. The summed E-state index contributed by atoms with van der Waals surface area (Å²) >= 11 is 0. The minimum atomic E-state index is 0.181. The van der Waals surface area contributed by atoms with Crippen LogP contribution in [0.4, 0.5) is 0 Å². The monoisotopic (exact) mass is 164 g/mol. The molecule has 0 radical (unpaired) electrons. The third-order valence-corrected chi connectivity index (χ3v) is 1.17. The van der Waals surface area contributed by atoms with Gasteiger partial charge in [-0.1, -0.05) is 11.6 Å². The Morgan fingerprint density at radius 2 is 2.11 bits per heavy atom. The Labute approximate surface area is 61.6 Å². The molecule has 2 unspecified atom stereocenters. The Hall–Kier alpha value is 0.560. The summed E-state index contributed by atoms with van der Waals surface area (Å²) in [7, 11) is 5.10. The molecule has 0 aromatic carbocycles. The number of hydrogen-bond donors (Lipinski definition) is 0. The highest BCUT2D eigenvalue weighted by Gasteiger charge is 1.87. The number of ether oxygens (including phenoxy) is 1. The van der Waals surface area contributed by atoms with Crippen molar-refractivity contribution in [1.29, 1.82) is 0 Å². The lowest BCUT2D eigenvalue weighted by molar-refractivity contribution is 0.193. The minimum Gasteiger partial charge on any atom is -0.366 e. The molecular formula is C6H14OP2. The Morgan fingerprint density at radius 3 is 2.44 bits per heavy atom. The molecule has 0 bridgehead atoms. The Balaban J connectivity index is 3.20. The van der Waals surface area contributed by atoms with E-state index in [1.165, 1.54) is 5.57 Å². The van der Waals surface area contributed by atoms with Gasteiger partial charge in [0.1, 0.15) is 0 Å². The van der Waals surface area contributed by atoms with E-state index in [4.69, 9.17) is 4.74 Å². The van der Waals surface area contributed by atoms with Crippen molar-refractivity contribution in [1.82, 2.24) is 0 Å². The Kier molecular flexibility index (Phi) is 5.69. The van der Waals surface area contributed by atoms with Gasteiger partial charge < -0.3 is 4.74 Å². The molecule has 0 aliphatic rings. The van der Waals surface area contributed by atoms with Crippen LogP contribution < -0.4 is 0 Å². The fraction of sp³-hybridized carbons (Fsp3) is 0.667. The van der Waals surface area contributed by atoms with E-state index in [1.807, 2.05) is 0 Å². The molecule has 1 nitrogen and oxygen atoms in total. The molecule has 0 aliphatic heterocycles. The van der Waals surface area contributed by atoms with E-state index in [-0.39, 0.29) is 5.59 Å². The fourth-order valence-electron chi connectivity index (χ4n) is 0.326. The van der Waals surface area contributed by atoms with Gasteiger partial charge in [-0.3, -0.25) is 0 Å². The first-order valence-electron chi connectivity index (χ1n) is 2.89. The number of hydrogen-bond acceptors (Lipinski definition) is 1. The summed E-state index contributed by atoms with van der Waals surface area (Å²) in [5.41, 5.74) is 1.48. The van der Waals surface area contributed by atoms with Crippen molar-refractivity contribution >= 4 is 18.5 Å². The van der Waals surface area contributed by atoms with E-state index in [2.05, 4.69) is 38.4 Å². The highest BCUT2D eigenvalue weighted by Crippen LogP contribution is 2.09. The SMILES string of the molecule is CC(C)=CCOC(P)P. The van der Waals surface area contributed by atoms with Gasteiger partial charge in [-0.15, -0.1) is 18.5 Å². The number of rotatable bonds is 3. The average molecular weight is 164 g/mol. The van der Waals surface area contributed by atoms with Gasteiger partial charge in [0.15, 0.2) is 0 Å². The lowest BCUT2D eigenvalue weighted by Gasteiger charge is -2.02. The zero-order chi connectivity index (χ0) is 7.28. The molecule has 0 saturated carbocycles. The zero-order valence-corrected chi connectivity index (χ0v) is 8.23. The summed E-state index contributed by atoms with van der Waals surface area (Å²) in [6.07, 6.45) is 2.06. The molecule has 0 aromatic rings. The van der Waals surface area contributed by atoms with Crippen molar-refractivity contribution in [2.75, 3.05) is 6.61 Å². The van der Waals surface area contributed by atoms with Crippen LogP contribution in [0.5, 0.6) is 0 Å². The summed E-state index contributed by atoms with van der Waals surface area (Å²) < 4.78 is 5.20. The summed E-state index contributed by atoms with van der Waals surface area (Å²) in [4.78, 5) is 0. The van der Waals surface area contributed by atoms with Crippen LogP contribution in [-0.2, 0) is 4.74 Å². The van der Waals surface area contributed by atoms with Gasteiger partial charge in [0.25, 0.3) is 0 Å². The lowest BCUT2D eigenvalue weighted by Crippen LogP contribution is -1.94. The quantitative estimate of drug-likeness (QED) is 0.458. The average Bonchev–Trinajstić information content (AvgIpc) is 1.63. The molecule has 0 amide bonds. The van der Waals surface area contributed by atoms with Gasteiger partial charge in [0, 0.05) is 0 Å². The van der Waals surface area contributed by atoms with Crippen LogP contribution in [0.3, 0.4) is 0 Å². The molecule has 0 aromatic heterocycles. The second-order valence-corrected chi connectivity index (χ2v) is 4.16. The van der Waals surface area contributed by atoms with Gasteiger partial charge in [0.05, 0.1) is 12.2 Å². The molecule has 0 saturated heterocycles. The summed E-state index contributed by atoms with van der Waals surface area (Å²) in [6, 6.07) is 0. The smallest absolute Gasteiger partial charge is 0.0842 e. The molecule has 9 heavy (non-hydrogen) atoms. The van der Waals surface area contributed by atoms with Crippen molar-refractivity contribution in [3.05, 3.63) is 11.6 Å².